The van der Waals surface area contributed by atoms with Crippen LogP contribution in [0, 0.1) is 0 Å². The summed E-state index contributed by atoms with van der Waals surface area (Å²) in [5.41, 5.74) is -0.896. The lowest BCUT2D eigenvalue weighted by Crippen LogP contribution is -2.31. The van der Waals surface area contributed by atoms with Crippen LogP contribution in [0.25, 0.3) is 0 Å². The summed E-state index contributed by atoms with van der Waals surface area (Å²) in [6.45, 7) is -0.168. The number of nitrogens with one attached hydrogen (secondary N) is 2. The second kappa shape index (κ2) is 5.48. The van der Waals surface area contributed by atoms with Crippen molar-refractivity contribution >= 4 is 11.7 Å². The first-order valence-corrected chi connectivity index (χ1v) is 4.62. The summed E-state index contributed by atoms with van der Waals surface area (Å²) in [6.07, 6.45) is -3.60. The molecule has 1 rings (SSSR count). The fourth-order valence-corrected chi connectivity index (χ4v) is 0.980. The number of anilines is 1. The molecule has 0 atom stereocenters. The topological polar surface area (TPSA) is 74.2 Å². The molecule has 1 aromatic heterocycles. The third-order valence-electron chi connectivity index (χ3n) is 1.71. The van der Waals surface area contributed by atoms with Crippen molar-refractivity contribution in [1.82, 2.24) is 10.3 Å². The molecule has 3 N–H and O–H groups in total. The summed E-state index contributed by atoms with van der Waals surface area (Å²) in [7, 11) is 0. The Balaban J connectivity index is 2.60. The molecule has 5 nitrogen and oxygen atoms in total. The zero-order valence-electron chi connectivity index (χ0n) is 8.58. The summed E-state index contributed by atoms with van der Waals surface area (Å²) >= 11 is 0. The molecule has 0 aromatic carbocycles. The van der Waals surface area contributed by atoms with Gasteiger partial charge in [-0.2, -0.15) is 13.2 Å². The van der Waals surface area contributed by atoms with Gasteiger partial charge in [-0.05, 0) is 12.1 Å². The van der Waals surface area contributed by atoms with E-state index in [1.165, 1.54) is 0 Å². The van der Waals surface area contributed by atoms with Crippen molar-refractivity contribution in [2.45, 2.75) is 6.18 Å². The van der Waals surface area contributed by atoms with E-state index in [2.05, 4.69) is 15.6 Å². The molecule has 94 valence electrons. The number of carbonyl (C=O) groups excluding carboxylic acids is 1. The smallest absolute Gasteiger partial charge is 0.395 e. The predicted molar refractivity (Wildman–Crippen MR) is 53.3 cm³/mol. The maximum absolute atomic E-state index is 12.2. The highest BCUT2D eigenvalue weighted by atomic mass is 19.4. The monoisotopic (exact) mass is 249 g/mol. The highest BCUT2D eigenvalue weighted by Crippen LogP contribution is 2.27. The van der Waals surface area contributed by atoms with E-state index in [1.54, 1.807) is 0 Å². The molecule has 17 heavy (non-hydrogen) atoms. The molecule has 0 fully saturated rings. The lowest BCUT2D eigenvalue weighted by Gasteiger charge is -2.08. The summed E-state index contributed by atoms with van der Waals surface area (Å²) in [5, 5.41) is 13.0. The Kier molecular flexibility index (Phi) is 4.27. The number of amides is 2. The molecule has 8 heteroatoms. The largest absolute Gasteiger partial charge is 0.433 e. The number of nitrogens with zero attached hydrogens (tertiary/aromatic N) is 1. The minimum atomic E-state index is -4.50. The molecule has 0 spiro atoms. The van der Waals surface area contributed by atoms with Crippen molar-refractivity contribution in [2.75, 3.05) is 18.5 Å². The first-order valence-electron chi connectivity index (χ1n) is 4.62. The molecule has 0 aliphatic heterocycles. The van der Waals surface area contributed by atoms with Gasteiger partial charge in [0.25, 0.3) is 0 Å². The molecule has 1 heterocycles. The van der Waals surface area contributed by atoms with Crippen LogP contribution in [0.2, 0.25) is 0 Å². The van der Waals surface area contributed by atoms with Crippen LogP contribution >= 0.6 is 0 Å². The zero-order chi connectivity index (χ0) is 12.9. The van der Waals surface area contributed by atoms with Crippen molar-refractivity contribution in [1.29, 1.82) is 0 Å². The Hall–Kier alpha value is -1.83. The molecule has 2 amide bonds. The lowest BCUT2D eigenvalue weighted by molar-refractivity contribution is -0.141. The van der Waals surface area contributed by atoms with E-state index in [0.717, 1.165) is 18.3 Å². The normalized spacial score (nSPS) is 11.1. The van der Waals surface area contributed by atoms with Crippen LogP contribution in [0.4, 0.5) is 23.7 Å². The van der Waals surface area contributed by atoms with Gasteiger partial charge in [-0.15, -0.1) is 0 Å². The van der Waals surface area contributed by atoms with Gasteiger partial charge >= 0.3 is 12.2 Å². The van der Waals surface area contributed by atoms with Crippen molar-refractivity contribution < 1.29 is 23.1 Å². The Labute approximate surface area is 94.7 Å². The summed E-state index contributed by atoms with van der Waals surface area (Å²) in [4.78, 5) is 14.2. The van der Waals surface area contributed by atoms with E-state index in [9.17, 15) is 18.0 Å². The van der Waals surface area contributed by atoms with E-state index in [0.29, 0.717) is 0 Å². The van der Waals surface area contributed by atoms with E-state index in [4.69, 9.17) is 5.11 Å². The number of carbonyl (C=O) groups is 1. The van der Waals surface area contributed by atoms with Crippen LogP contribution in [-0.2, 0) is 6.18 Å². The number of aromatic nitrogens is 1. The first kappa shape index (κ1) is 13.2. The standard InChI is InChI=1S/C9H10F3N3O2/c10-9(11,12)7-2-1-6(5-14-7)15-8(17)13-3-4-16/h1-2,5,16H,3-4H2,(H2,13,15,17). The maximum Gasteiger partial charge on any atom is 0.433 e. The fraction of sp³-hybridized carbons (Fsp3) is 0.333. The summed E-state index contributed by atoms with van der Waals surface area (Å²) < 4.78 is 36.5. The highest BCUT2D eigenvalue weighted by molar-refractivity contribution is 5.88. The van der Waals surface area contributed by atoms with Crippen LogP contribution in [-0.4, -0.2) is 29.3 Å². The van der Waals surface area contributed by atoms with Gasteiger partial charge < -0.3 is 15.7 Å². The Bertz CT molecular complexity index is 378. The number of alkyl halides is 3. The Morgan fingerprint density at radius 3 is 2.59 bits per heavy atom. The van der Waals surface area contributed by atoms with Crippen molar-refractivity contribution in [3.63, 3.8) is 0 Å². The van der Waals surface area contributed by atoms with Crippen LogP contribution < -0.4 is 10.6 Å². The van der Waals surface area contributed by atoms with Crippen molar-refractivity contribution in [3.8, 4) is 0 Å². The second-order valence-electron chi connectivity index (χ2n) is 3.03. The molecule has 0 unspecified atom stereocenters. The fourth-order valence-electron chi connectivity index (χ4n) is 0.980. The minimum Gasteiger partial charge on any atom is -0.395 e. The lowest BCUT2D eigenvalue weighted by atomic mass is 10.3. The second-order valence-corrected chi connectivity index (χ2v) is 3.03. The minimum absolute atomic E-state index is 0.0555. The number of urea groups is 1. The molecule has 0 aliphatic rings. The molecule has 0 bridgehead atoms. The molecule has 0 radical (unpaired) electrons. The Morgan fingerprint density at radius 2 is 2.12 bits per heavy atom. The van der Waals surface area contributed by atoms with Gasteiger partial charge in [0.1, 0.15) is 5.69 Å². The quantitative estimate of drug-likeness (QED) is 0.753. The predicted octanol–water partition coefficient (Wildman–Crippen LogP) is 1.21. The van der Waals surface area contributed by atoms with E-state index in [-0.39, 0.29) is 18.8 Å². The van der Waals surface area contributed by atoms with Crippen LogP contribution in [0.5, 0.6) is 0 Å². The average molecular weight is 249 g/mol. The van der Waals surface area contributed by atoms with Gasteiger partial charge in [-0.25, -0.2) is 9.78 Å². The molecule has 0 aliphatic carbocycles. The third-order valence-corrected chi connectivity index (χ3v) is 1.71. The van der Waals surface area contributed by atoms with Gasteiger partial charge in [0.05, 0.1) is 18.5 Å². The summed E-state index contributed by atoms with van der Waals surface area (Å²) in [5.74, 6) is 0. The number of aliphatic hydroxyl groups is 1. The first-order chi connectivity index (χ1) is 7.93. The molecule has 1 aromatic rings. The van der Waals surface area contributed by atoms with Crippen LogP contribution in [0.3, 0.4) is 0 Å². The van der Waals surface area contributed by atoms with Gasteiger partial charge in [0.15, 0.2) is 0 Å². The molecular weight excluding hydrogens is 239 g/mol. The van der Waals surface area contributed by atoms with Crippen molar-refractivity contribution in [3.05, 3.63) is 24.0 Å². The number of aliphatic hydroxyl groups excluding tert-OH is 1. The highest BCUT2D eigenvalue weighted by Gasteiger charge is 2.32. The van der Waals surface area contributed by atoms with Crippen LogP contribution in [0.1, 0.15) is 5.69 Å². The number of halogens is 3. The van der Waals surface area contributed by atoms with E-state index < -0.39 is 17.9 Å². The number of pyridine rings is 1. The molecule has 0 saturated carbocycles. The van der Waals surface area contributed by atoms with Crippen molar-refractivity contribution in [2.24, 2.45) is 0 Å². The number of hydrogen-bond donors (Lipinski definition) is 3. The van der Waals surface area contributed by atoms with Gasteiger partial charge in [-0.1, -0.05) is 0 Å². The van der Waals surface area contributed by atoms with E-state index in [1.807, 2.05) is 0 Å². The Morgan fingerprint density at radius 1 is 1.41 bits per heavy atom. The SMILES string of the molecule is O=C(NCCO)Nc1ccc(C(F)(F)F)nc1. The maximum atomic E-state index is 12.2. The molecular formula is C9H10F3N3O2. The zero-order valence-corrected chi connectivity index (χ0v) is 8.58. The summed E-state index contributed by atoms with van der Waals surface area (Å²) in [6, 6.07) is 1.23. The molecule has 0 saturated heterocycles. The third kappa shape index (κ3) is 4.27. The van der Waals surface area contributed by atoms with Gasteiger partial charge in [-0.3, -0.25) is 0 Å². The van der Waals surface area contributed by atoms with E-state index >= 15 is 0 Å². The van der Waals surface area contributed by atoms with Crippen LogP contribution in [0.15, 0.2) is 18.3 Å². The van der Waals surface area contributed by atoms with Gasteiger partial charge in [0.2, 0.25) is 0 Å². The van der Waals surface area contributed by atoms with Gasteiger partial charge in [0, 0.05) is 6.54 Å². The number of hydrogen-bond acceptors (Lipinski definition) is 3. The average Bonchev–Trinajstić information content (AvgIpc) is 2.26. The number of rotatable bonds is 3.